The Labute approximate surface area is 131 Å². The molecule has 1 aliphatic rings. The first-order valence-corrected chi connectivity index (χ1v) is 9.49. The van der Waals surface area contributed by atoms with Crippen LogP contribution in [-0.2, 0) is 21.4 Å². The molecule has 2 atom stereocenters. The molecular weight excluding hydrogens is 304 g/mol. The molecular formula is C15H24N2O4S. The van der Waals surface area contributed by atoms with E-state index >= 15 is 0 Å². The predicted molar refractivity (Wildman–Crippen MR) is 83.5 cm³/mol. The fourth-order valence-electron chi connectivity index (χ4n) is 2.99. The number of hydrogen-bond acceptors (Lipinski definition) is 4. The first-order valence-electron chi connectivity index (χ1n) is 7.64. The van der Waals surface area contributed by atoms with Gasteiger partial charge in [-0.05, 0) is 30.4 Å². The van der Waals surface area contributed by atoms with Crippen molar-refractivity contribution >= 4 is 15.9 Å². The first kappa shape index (κ1) is 17.0. The van der Waals surface area contributed by atoms with Gasteiger partial charge in [0.15, 0.2) is 0 Å². The quantitative estimate of drug-likeness (QED) is 0.860. The summed E-state index contributed by atoms with van der Waals surface area (Å²) >= 11 is 0. The Morgan fingerprint density at radius 3 is 2.82 bits per heavy atom. The van der Waals surface area contributed by atoms with Crippen molar-refractivity contribution in [3.05, 3.63) is 24.2 Å². The van der Waals surface area contributed by atoms with E-state index in [0.29, 0.717) is 26.1 Å². The highest BCUT2D eigenvalue weighted by Crippen LogP contribution is 2.30. The second kappa shape index (κ2) is 7.28. The van der Waals surface area contributed by atoms with E-state index in [9.17, 15) is 13.2 Å². The van der Waals surface area contributed by atoms with Crippen molar-refractivity contribution in [2.45, 2.75) is 32.7 Å². The van der Waals surface area contributed by atoms with Crippen LogP contribution in [0.25, 0.3) is 0 Å². The Morgan fingerprint density at radius 2 is 2.23 bits per heavy atom. The molecule has 0 saturated carbocycles. The summed E-state index contributed by atoms with van der Waals surface area (Å²) in [5.41, 5.74) is 0. The van der Waals surface area contributed by atoms with Gasteiger partial charge >= 0.3 is 0 Å². The molecule has 6 nitrogen and oxygen atoms in total. The maximum Gasteiger partial charge on any atom is 0.220 e. The minimum absolute atomic E-state index is 0.00680. The highest BCUT2D eigenvalue weighted by Gasteiger charge is 2.33. The van der Waals surface area contributed by atoms with Gasteiger partial charge in [-0.3, -0.25) is 4.79 Å². The summed E-state index contributed by atoms with van der Waals surface area (Å²) in [5.74, 6) is 1.19. The van der Waals surface area contributed by atoms with Gasteiger partial charge in [0.25, 0.3) is 0 Å². The van der Waals surface area contributed by atoms with Gasteiger partial charge in [-0.2, -0.15) is 0 Å². The number of carbonyl (C=O) groups excluding carboxylic acids is 1. The van der Waals surface area contributed by atoms with E-state index in [2.05, 4.69) is 5.32 Å². The summed E-state index contributed by atoms with van der Waals surface area (Å²) in [6, 6.07) is 3.61. The predicted octanol–water partition coefficient (Wildman–Crippen LogP) is 1.59. The van der Waals surface area contributed by atoms with Crippen LogP contribution in [0.15, 0.2) is 22.8 Å². The summed E-state index contributed by atoms with van der Waals surface area (Å²) in [7, 11) is -3.14. The number of piperidine rings is 1. The van der Waals surface area contributed by atoms with Crippen molar-refractivity contribution in [2.75, 3.05) is 19.3 Å². The molecule has 1 aromatic rings. The van der Waals surface area contributed by atoms with E-state index in [4.69, 9.17) is 4.42 Å². The smallest absolute Gasteiger partial charge is 0.220 e. The fourth-order valence-corrected chi connectivity index (χ4v) is 3.89. The molecule has 1 aliphatic heterocycles. The Kier molecular flexibility index (Phi) is 5.63. The fraction of sp³-hybridized carbons (Fsp3) is 0.667. The molecule has 1 aromatic heterocycles. The Bertz CT molecular complexity index is 583. The van der Waals surface area contributed by atoms with Crippen LogP contribution in [0, 0.1) is 11.8 Å². The summed E-state index contributed by atoms with van der Waals surface area (Å²) in [6.07, 6.45) is 4.88. The number of hydrogen-bond donors (Lipinski definition) is 1. The second-order valence-electron chi connectivity index (χ2n) is 5.90. The van der Waals surface area contributed by atoms with E-state index in [1.165, 1.54) is 10.6 Å². The monoisotopic (exact) mass is 328 g/mol. The van der Waals surface area contributed by atoms with Gasteiger partial charge < -0.3 is 9.73 Å². The number of furan rings is 1. The molecule has 0 aliphatic carbocycles. The highest BCUT2D eigenvalue weighted by atomic mass is 32.2. The van der Waals surface area contributed by atoms with Crippen molar-refractivity contribution in [3.8, 4) is 0 Å². The summed E-state index contributed by atoms with van der Waals surface area (Å²) in [6.45, 7) is 3.46. The van der Waals surface area contributed by atoms with E-state index in [0.717, 1.165) is 18.6 Å². The average molecular weight is 328 g/mol. The average Bonchev–Trinajstić information content (AvgIpc) is 2.97. The molecule has 1 N–H and O–H groups in total. The molecule has 2 heterocycles. The van der Waals surface area contributed by atoms with Gasteiger partial charge in [-0.25, -0.2) is 12.7 Å². The number of amides is 1. The Hall–Kier alpha value is -1.34. The third-order valence-corrected chi connectivity index (χ3v) is 5.60. The molecule has 7 heteroatoms. The minimum Gasteiger partial charge on any atom is -0.467 e. The molecule has 0 spiro atoms. The molecule has 0 aromatic carbocycles. The van der Waals surface area contributed by atoms with Gasteiger partial charge in [0, 0.05) is 19.5 Å². The molecule has 1 amide bonds. The first-order chi connectivity index (χ1) is 10.4. The number of carbonyl (C=O) groups is 1. The Morgan fingerprint density at radius 1 is 1.45 bits per heavy atom. The Balaban J connectivity index is 1.85. The van der Waals surface area contributed by atoms with Crippen molar-refractivity contribution in [1.29, 1.82) is 0 Å². The molecule has 124 valence electrons. The lowest BCUT2D eigenvalue weighted by Crippen LogP contribution is -2.44. The van der Waals surface area contributed by atoms with Gasteiger partial charge in [0.2, 0.25) is 15.9 Å². The number of nitrogens with one attached hydrogen (secondary N) is 1. The standard InChI is InChI=1S/C15H24N2O4S/c1-3-12-11-17(22(2,19)20)7-6-13(12)9-15(18)16-10-14-5-4-8-21-14/h4-5,8,12-13H,3,6-7,9-11H2,1-2H3,(H,16,18). The molecule has 2 unspecified atom stereocenters. The molecule has 0 radical (unpaired) electrons. The van der Waals surface area contributed by atoms with E-state index in [-0.39, 0.29) is 17.7 Å². The van der Waals surface area contributed by atoms with Crippen LogP contribution in [-0.4, -0.2) is 38.0 Å². The third kappa shape index (κ3) is 4.58. The lowest BCUT2D eigenvalue weighted by Gasteiger charge is -2.36. The zero-order valence-electron chi connectivity index (χ0n) is 13.1. The molecule has 22 heavy (non-hydrogen) atoms. The maximum atomic E-state index is 12.1. The van der Waals surface area contributed by atoms with Gasteiger partial charge in [-0.15, -0.1) is 0 Å². The normalized spacial score (nSPS) is 23.4. The SMILES string of the molecule is CCC1CN(S(C)(=O)=O)CCC1CC(=O)NCc1ccco1. The largest absolute Gasteiger partial charge is 0.467 e. The lowest BCUT2D eigenvalue weighted by atomic mass is 9.82. The molecule has 1 saturated heterocycles. The van der Waals surface area contributed by atoms with Crippen LogP contribution in [0.2, 0.25) is 0 Å². The molecule has 1 fully saturated rings. The number of nitrogens with zero attached hydrogens (tertiary/aromatic N) is 1. The summed E-state index contributed by atoms with van der Waals surface area (Å²) in [5, 5.41) is 2.85. The second-order valence-corrected chi connectivity index (χ2v) is 7.88. The van der Waals surface area contributed by atoms with Crippen LogP contribution in [0.5, 0.6) is 0 Å². The summed E-state index contributed by atoms with van der Waals surface area (Å²) in [4.78, 5) is 12.1. The van der Waals surface area contributed by atoms with Crippen molar-refractivity contribution in [3.63, 3.8) is 0 Å². The topological polar surface area (TPSA) is 79.6 Å². The van der Waals surface area contributed by atoms with Gasteiger partial charge in [0.05, 0.1) is 19.1 Å². The van der Waals surface area contributed by atoms with E-state index in [1.807, 2.05) is 13.0 Å². The molecule has 0 bridgehead atoms. The van der Waals surface area contributed by atoms with Crippen molar-refractivity contribution in [2.24, 2.45) is 11.8 Å². The van der Waals surface area contributed by atoms with Crippen LogP contribution >= 0.6 is 0 Å². The van der Waals surface area contributed by atoms with Crippen molar-refractivity contribution in [1.82, 2.24) is 9.62 Å². The van der Waals surface area contributed by atoms with Crippen LogP contribution < -0.4 is 5.32 Å². The number of rotatable bonds is 6. The summed E-state index contributed by atoms with van der Waals surface area (Å²) < 4.78 is 30.0. The van der Waals surface area contributed by atoms with E-state index < -0.39 is 10.0 Å². The van der Waals surface area contributed by atoms with Crippen LogP contribution in [0.4, 0.5) is 0 Å². The van der Waals surface area contributed by atoms with Crippen LogP contribution in [0.3, 0.4) is 0 Å². The van der Waals surface area contributed by atoms with Gasteiger partial charge in [0.1, 0.15) is 5.76 Å². The lowest BCUT2D eigenvalue weighted by molar-refractivity contribution is -0.123. The van der Waals surface area contributed by atoms with Gasteiger partial charge in [-0.1, -0.05) is 13.3 Å². The zero-order chi connectivity index (χ0) is 16.2. The maximum absolute atomic E-state index is 12.1. The number of sulfonamides is 1. The third-order valence-electron chi connectivity index (χ3n) is 4.33. The minimum atomic E-state index is -3.14. The van der Waals surface area contributed by atoms with E-state index in [1.54, 1.807) is 12.3 Å². The molecule has 2 rings (SSSR count). The zero-order valence-corrected chi connectivity index (χ0v) is 13.9. The van der Waals surface area contributed by atoms with Crippen LogP contribution in [0.1, 0.15) is 31.9 Å². The van der Waals surface area contributed by atoms with Crippen molar-refractivity contribution < 1.29 is 17.6 Å². The highest BCUT2D eigenvalue weighted by molar-refractivity contribution is 7.88.